The summed E-state index contributed by atoms with van der Waals surface area (Å²) in [6, 6.07) is 4.13. The van der Waals surface area contributed by atoms with Gasteiger partial charge in [0.1, 0.15) is 0 Å². The lowest BCUT2D eigenvalue weighted by molar-refractivity contribution is 0.0464. The van der Waals surface area contributed by atoms with Crippen LogP contribution < -0.4 is 5.32 Å². The van der Waals surface area contributed by atoms with Gasteiger partial charge in [0, 0.05) is 32.2 Å². The van der Waals surface area contributed by atoms with E-state index >= 15 is 0 Å². The van der Waals surface area contributed by atoms with Gasteiger partial charge in [0.25, 0.3) is 5.91 Å². The van der Waals surface area contributed by atoms with Gasteiger partial charge in [-0.1, -0.05) is 0 Å². The van der Waals surface area contributed by atoms with Crippen molar-refractivity contribution in [1.29, 1.82) is 0 Å². The number of piperidine rings is 1. The van der Waals surface area contributed by atoms with Gasteiger partial charge in [-0.3, -0.25) is 9.69 Å². The molecule has 5 nitrogen and oxygen atoms in total. The molecule has 2 aliphatic heterocycles. The van der Waals surface area contributed by atoms with E-state index < -0.39 is 0 Å². The lowest BCUT2D eigenvalue weighted by atomic mass is 9.90. The Morgan fingerprint density at radius 3 is 2.62 bits per heavy atom. The SMILES string of the molecule is CC(C1CCNCC1)N1CCN(C(=O)c2ccco2)CC1. The first-order valence-corrected chi connectivity index (χ1v) is 8.03. The quantitative estimate of drug-likeness (QED) is 0.915. The van der Waals surface area contributed by atoms with E-state index in [9.17, 15) is 4.79 Å². The molecule has 2 aliphatic rings. The monoisotopic (exact) mass is 291 g/mol. The Kier molecular flexibility index (Phi) is 4.60. The fourth-order valence-electron chi connectivity index (χ4n) is 3.51. The highest BCUT2D eigenvalue weighted by Gasteiger charge is 2.29. The molecule has 3 heterocycles. The van der Waals surface area contributed by atoms with E-state index in [-0.39, 0.29) is 5.91 Å². The summed E-state index contributed by atoms with van der Waals surface area (Å²) in [7, 11) is 0. The molecule has 1 unspecified atom stereocenters. The van der Waals surface area contributed by atoms with Crippen molar-refractivity contribution in [3.63, 3.8) is 0 Å². The molecule has 21 heavy (non-hydrogen) atoms. The minimum absolute atomic E-state index is 0.0224. The Labute approximate surface area is 126 Å². The molecule has 0 saturated carbocycles. The molecule has 116 valence electrons. The lowest BCUT2D eigenvalue weighted by Gasteiger charge is -2.41. The minimum atomic E-state index is 0.0224. The Bertz CT molecular complexity index is 446. The predicted molar refractivity (Wildman–Crippen MR) is 81.2 cm³/mol. The number of hydrogen-bond donors (Lipinski definition) is 1. The second kappa shape index (κ2) is 6.62. The summed E-state index contributed by atoms with van der Waals surface area (Å²) in [6.45, 7) is 8.18. The van der Waals surface area contributed by atoms with Crippen LogP contribution in [0, 0.1) is 5.92 Å². The molecule has 0 bridgehead atoms. The van der Waals surface area contributed by atoms with Crippen molar-refractivity contribution >= 4 is 5.91 Å². The Morgan fingerprint density at radius 2 is 2.00 bits per heavy atom. The number of rotatable bonds is 3. The molecule has 0 spiro atoms. The minimum Gasteiger partial charge on any atom is -0.459 e. The van der Waals surface area contributed by atoms with Crippen LogP contribution >= 0.6 is 0 Å². The molecule has 5 heteroatoms. The van der Waals surface area contributed by atoms with Gasteiger partial charge < -0.3 is 14.6 Å². The van der Waals surface area contributed by atoms with Crippen LogP contribution in [0.25, 0.3) is 0 Å². The first-order chi connectivity index (χ1) is 10.3. The van der Waals surface area contributed by atoms with Gasteiger partial charge in [0.2, 0.25) is 0 Å². The topological polar surface area (TPSA) is 48.7 Å². The number of carbonyl (C=O) groups is 1. The number of nitrogens with one attached hydrogen (secondary N) is 1. The van der Waals surface area contributed by atoms with Gasteiger partial charge in [-0.2, -0.15) is 0 Å². The average molecular weight is 291 g/mol. The molecule has 1 aromatic rings. The summed E-state index contributed by atoms with van der Waals surface area (Å²) in [5, 5.41) is 3.43. The van der Waals surface area contributed by atoms with Gasteiger partial charge >= 0.3 is 0 Å². The maximum absolute atomic E-state index is 12.2. The van der Waals surface area contributed by atoms with Gasteiger partial charge in [-0.05, 0) is 50.9 Å². The molecule has 0 radical (unpaired) electrons. The number of piperazine rings is 1. The molecule has 1 aromatic heterocycles. The third kappa shape index (κ3) is 3.30. The zero-order valence-electron chi connectivity index (χ0n) is 12.8. The van der Waals surface area contributed by atoms with Crippen LogP contribution in [0.5, 0.6) is 0 Å². The zero-order valence-corrected chi connectivity index (χ0v) is 12.8. The summed E-state index contributed by atoms with van der Waals surface area (Å²) in [5.74, 6) is 1.27. The second-order valence-electron chi connectivity index (χ2n) is 6.13. The van der Waals surface area contributed by atoms with Crippen molar-refractivity contribution in [1.82, 2.24) is 15.1 Å². The van der Waals surface area contributed by atoms with Crippen molar-refractivity contribution in [2.75, 3.05) is 39.3 Å². The van der Waals surface area contributed by atoms with E-state index in [0.717, 1.165) is 45.2 Å². The van der Waals surface area contributed by atoms with E-state index in [2.05, 4.69) is 17.1 Å². The largest absolute Gasteiger partial charge is 0.459 e. The molecule has 3 rings (SSSR count). The van der Waals surface area contributed by atoms with Crippen molar-refractivity contribution in [2.24, 2.45) is 5.92 Å². The van der Waals surface area contributed by atoms with Crippen molar-refractivity contribution in [3.8, 4) is 0 Å². The van der Waals surface area contributed by atoms with Crippen molar-refractivity contribution in [3.05, 3.63) is 24.2 Å². The summed E-state index contributed by atoms with van der Waals surface area (Å²) < 4.78 is 5.21. The number of amides is 1. The van der Waals surface area contributed by atoms with Gasteiger partial charge in [-0.15, -0.1) is 0 Å². The number of hydrogen-bond acceptors (Lipinski definition) is 4. The highest BCUT2D eigenvalue weighted by molar-refractivity contribution is 5.91. The van der Waals surface area contributed by atoms with Crippen LogP contribution in [0.1, 0.15) is 30.3 Å². The molecule has 1 atom stereocenters. The Hall–Kier alpha value is -1.33. The van der Waals surface area contributed by atoms with Crippen molar-refractivity contribution < 1.29 is 9.21 Å². The molecule has 0 aromatic carbocycles. The molecule has 0 aliphatic carbocycles. The van der Waals surface area contributed by atoms with Crippen LogP contribution in [-0.2, 0) is 0 Å². The second-order valence-corrected chi connectivity index (χ2v) is 6.13. The Morgan fingerprint density at radius 1 is 1.29 bits per heavy atom. The van der Waals surface area contributed by atoms with Gasteiger partial charge in [-0.25, -0.2) is 0 Å². The molecule has 1 amide bonds. The van der Waals surface area contributed by atoms with E-state index in [4.69, 9.17) is 4.42 Å². The predicted octanol–water partition coefficient (Wildman–Crippen LogP) is 1.43. The van der Waals surface area contributed by atoms with E-state index in [1.165, 1.54) is 12.8 Å². The number of nitrogens with zero attached hydrogens (tertiary/aromatic N) is 2. The van der Waals surface area contributed by atoms with E-state index in [1.54, 1.807) is 18.4 Å². The third-order valence-corrected chi connectivity index (χ3v) is 4.98. The highest BCUT2D eigenvalue weighted by Crippen LogP contribution is 2.22. The van der Waals surface area contributed by atoms with Crippen molar-refractivity contribution in [2.45, 2.75) is 25.8 Å². The third-order valence-electron chi connectivity index (χ3n) is 4.98. The zero-order chi connectivity index (χ0) is 14.7. The van der Waals surface area contributed by atoms with Crippen LogP contribution in [0.3, 0.4) is 0 Å². The maximum atomic E-state index is 12.2. The summed E-state index contributed by atoms with van der Waals surface area (Å²) >= 11 is 0. The Balaban J connectivity index is 1.51. The van der Waals surface area contributed by atoms with E-state index in [0.29, 0.717) is 11.8 Å². The van der Waals surface area contributed by atoms with Gasteiger partial charge in [0.15, 0.2) is 5.76 Å². The summed E-state index contributed by atoms with van der Waals surface area (Å²) in [5.41, 5.74) is 0. The molecular weight excluding hydrogens is 266 g/mol. The van der Waals surface area contributed by atoms with Crippen LogP contribution in [0.2, 0.25) is 0 Å². The first kappa shape index (κ1) is 14.6. The van der Waals surface area contributed by atoms with Gasteiger partial charge in [0.05, 0.1) is 6.26 Å². The number of furan rings is 1. The average Bonchev–Trinajstić information content (AvgIpc) is 3.09. The number of carbonyl (C=O) groups excluding carboxylic acids is 1. The van der Waals surface area contributed by atoms with Crippen LogP contribution in [0.15, 0.2) is 22.8 Å². The lowest BCUT2D eigenvalue weighted by Crippen LogP contribution is -2.53. The maximum Gasteiger partial charge on any atom is 0.289 e. The van der Waals surface area contributed by atoms with Crippen LogP contribution in [-0.4, -0.2) is 61.0 Å². The fourth-order valence-corrected chi connectivity index (χ4v) is 3.51. The normalized spacial score (nSPS) is 23.2. The summed E-state index contributed by atoms with van der Waals surface area (Å²) in [6.07, 6.45) is 4.10. The highest BCUT2D eigenvalue weighted by atomic mass is 16.3. The summed E-state index contributed by atoms with van der Waals surface area (Å²) in [4.78, 5) is 16.7. The first-order valence-electron chi connectivity index (χ1n) is 8.03. The standard InChI is InChI=1S/C16H25N3O2/c1-13(14-4-6-17-7-5-14)18-8-10-19(11-9-18)16(20)15-3-2-12-21-15/h2-3,12-14,17H,4-11H2,1H3. The molecule has 1 N–H and O–H groups in total. The van der Waals surface area contributed by atoms with E-state index in [1.807, 2.05) is 4.90 Å². The fraction of sp³-hybridized carbons (Fsp3) is 0.688. The van der Waals surface area contributed by atoms with Crippen LogP contribution in [0.4, 0.5) is 0 Å². The molecule has 2 saturated heterocycles. The molecule has 2 fully saturated rings. The smallest absolute Gasteiger partial charge is 0.289 e. The molecular formula is C16H25N3O2.